The summed E-state index contributed by atoms with van der Waals surface area (Å²) < 4.78 is 5.31. The first kappa shape index (κ1) is 10.2. The number of carbonyl (C=O) groups is 1. The summed E-state index contributed by atoms with van der Waals surface area (Å²) in [5.41, 5.74) is 0. The normalized spacial score (nSPS) is 14.4. The van der Waals surface area contributed by atoms with E-state index in [1.165, 1.54) is 11.3 Å². The van der Waals surface area contributed by atoms with E-state index in [2.05, 4.69) is 9.97 Å². The minimum absolute atomic E-state index is 0.0596. The van der Waals surface area contributed by atoms with Crippen LogP contribution in [0.4, 0.5) is 5.82 Å². The monoisotopic (exact) mass is 247 g/mol. The molecule has 0 radical (unpaired) electrons. The van der Waals surface area contributed by atoms with Gasteiger partial charge in [0.2, 0.25) is 0 Å². The molecule has 0 bridgehead atoms. The van der Waals surface area contributed by atoms with Gasteiger partial charge in [-0.15, -0.1) is 11.3 Å². The molecule has 0 saturated heterocycles. The third-order valence-corrected chi connectivity index (χ3v) is 3.20. The zero-order valence-electron chi connectivity index (χ0n) is 8.87. The van der Waals surface area contributed by atoms with Crippen molar-refractivity contribution in [1.82, 2.24) is 9.97 Å². The second-order valence-corrected chi connectivity index (χ2v) is 4.50. The lowest BCUT2D eigenvalue weighted by Gasteiger charge is -2.27. The minimum atomic E-state index is -0.0913. The molecule has 0 atom stereocenters. The highest BCUT2D eigenvalue weighted by Gasteiger charge is 2.27. The molecule has 1 aliphatic heterocycles. The summed E-state index contributed by atoms with van der Waals surface area (Å²) in [5, 5.41) is 2.77. The van der Waals surface area contributed by atoms with Crippen molar-refractivity contribution in [2.24, 2.45) is 0 Å². The quantitative estimate of drug-likeness (QED) is 0.806. The highest BCUT2D eigenvalue weighted by atomic mass is 32.1. The van der Waals surface area contributed by atoms with Crippen LogP contribution in [0.2, 0.25) is 0 Å². The molecule has 1 amide bonds. The molecule has 0 aliphatic carbocycles. The summed E-state index contributed by atoms with van der Waals surface area (Å²) in [5.74, 6) is 1.12. The van der Waals surface area contributed by atoms with Gasteiger partial charge < -0.3 is 4.74 Å². The Bertz CT molecular complexity index is 541. The van der Waals surface area contributed by atoms with E-state index in [0.717, 1.165) is 5.01 Å². The van der Waals surface area contributed by atoms with Crippen LogP contribution in [0.3, 0.4) is 0 Å². The van der Waals surface area contributed by atoms with E-state index >= 15 is 0 Å². The van der Waals surface area contributed by atoms with Crippen molar-refractivity contribution in [3.8, 4) is 5.75 Å². The largest absolute Gasteiger partial charge is 0.480 e. The molecule has 17 heavy (non-hydrogen) atoms. The molecule has 86 valence electrons. The molecule has 0 fully saturated rings. The third-order valence-electron chi connectivity index (χ3n) is 2.44. The van der Waals surface area contributed by atoms with Crippen molar-refractivity contribution >= 4 is 23.1 Å². The van der Waals surface area contributed by atoms with Crippen LogP contribution in [0.1, 0.15) is 5.01 Å². The first-order chi connectivity index (χ1) is 8.34. The van der Waals surface area contributed by atoms with Gasteiger partial charge in [-0.3, -0.25) is 9.69 Å². The number of ether oxygens (including phenoxy) is 1. The van der Waals surface area contributed by atoms with Crippen molar-refractivity contribution in [2.45, 2.75) is 6.54 Å². The Morgan fingerprint density at radius 3 is 3.18 bits per heavy atom. The van der Waals surface area contributed by atoms with Gasteiger partial charge in [-0.1, -0.05) is 0 Å². The number of hydrogen-bond donors (Lipinski definition) is 0. The SMILES string of the molecule is O=C1COc2cccnc2N1Cc1nccs1. The summed E-state index contributed by atoms with van der Waals surface area (Å²) >= 11 is 1.52. The number of hydrogen-bond acceptors (Lipinski definition) is 5. The topological polar surface area (TPSA) is 55.3 Å². The molecular weight excluding hydrogens is 238 g/mol. The summed E-state index contributed by atoms with van der Waals surface area (Å²) in [6.07, 6.45) is 3.37. The third kappa shape index (κ3) is 1.87. The molecule has 0 spiro atoms. The number of nitrogens with zero attached hydrogens (tertiary/aromatic N) is 3. The standard InChI is InChI=1S/C11H9N3O2S/c15-10-7-16-8-2-1-3-13-11(8)14(10)6-9-12-4-5-17-9/h1-5H,6-7H2. The van der Waals surface area contributed by atoms with E-state index in [-0.39, 0.29) is 12.5 Å². The molecule has 2 aromatic heterocycles. The molecule has 3 rings (SSSR count). The van der Waals surface area contributed by atoms with Crippen molar-refractivity contribution in [1.29, 1.82) is 0 Å². The fraction of sp³-hybridized carbons (Fsp3) is 0.182. The molecule has 5 nitrogen and oxygen atoms in total. The maximum absolute atomic E-state index is 11.8. The average Bonchev–Trinajstić information content (AvgIpc) is 2.86. The first-order valence-electron chi connectivity index (χ1n) is 5.11. The van der Waals surface area contributed by atoms with Crippen LogP contribution in [0, 0.1) is 0 Å². The van der Waals surface area contributed by atoms with Crippen molar-refractivity contribution in [3.63, 3.8) is 0 Å². The highest BCUT2D eigenvalue weighted by Crippen LogP contribution is 2.30. The Hall–Kier alpha value is -1.95. The van der Waals surface area contributed by atoms with Gasteiger partial charge >= 0.3 is 0 Å². The van der Waals surface area contributed by atoms with Crippen LogP contribution >= 0.6 is 11.3 Å². The van der Waals surface area contributed by atoms with E-state index in [0.29, 0.717) is 18.1 Å². The van der Waals surface area contributed by atoms with Crippen LogP contribution < -0.4 is 9.64 Å². The molecule has 0 unspecified atom stereocenters. The Morgan fingerprint density at radius 1 is 1.41 bits per heavy atom. The zero-order valence-corrected chi connectivity index (χ0v) is 9.68. The van der Waals surface area contributed by atoms with Crippen molar-refractivity contribution in [2.75, 3.05) is 11.5 Å². The number of rotatable bonds is 2. The van der Waals surface area contributed by atoms with Crippen LogP contribution in [0.5, 0.6) is 5.75 Å². The smallest absolute Gasteiger partial charge is 0.266 e. The average molecular weight is 247 g/mol. The fourth-order valence-electron chi connectivity index (χ4n) is 1.66. The molecule has 2 aromatic rings. The Labute approximate surface area is 102 Å². The summed E-state index contributed by atoms with van der Waals surface area (Å²) in [7, 11) is 0. The Balaban J connectivity index is 1.95. The number of aromatic nitrogens is 2. The van der Waals surface area contributed by atoms with Crippen LogP contribution in [0.15, 0.2) is 29.9 Å². The maximum Gasteiger partial charge on any atom is 0.266 e. The van der Waals surface area contributed by atoms with Gasteiger partial charge in [-0.05, 0) is 12.1 Å². The van der Waals surface area contributed by atoms with Gasteiger partial charge in [-0.25, -0.2) is 9.97 Å². The maximum atomic E-state index is 11.8. The van der Waals surface area contributed by atoms with Crippen LogP contribution in [0.25, 0.3) is 0 Å². The van der Waals surface area contributed by atoms with E-state index in [1.54, 1.807) is 23.4 Å². The number of thiazole rings is 1. The Kier molecular flexibility index (Phi) is 2.49. The molecule has 0 aromatic carbocycles. The number of fused-ring (bicyclic) bond motifs is 1. The zero-order chi connectivity index (χ0) is 11.7. The number of anilines is 1. The van der Waals surface area contributed by atoms with Crippen LogP contribution in [-0.4, -0.2) is 22.5 Å². The van der Waals surface area contributed by atoms with Crippen molar-refractivity contribution < 1.29 is 9.53 Å². The van der Waals surface area contributed by atoms with E-state index in [1.807, 2.05) is 11.4 Å². The fourth-order valence-corrected chi connectivity index (χ4v) is 2.27. The second-order valence-electron chi connectivity index (χ2n) is 3.52. The number of carbonyl (C=O) groups excluding carboxylic acids is 1. The van der Waals surface area contributed by atoms with E-state index < -0.39 is 0 Å². The summed E-state index contributed by atoms with van der Waals surface area (Å²) in [6.45, 7) is 0.508. The first-order valence-corrected chi connectivity index (χ1v) is 5.99. The van der Waals surface area contributed by atoms with Gasteiger partial charge in [-0.2, -0.15) is 0 Å². The van der Waals surface area contributed by atoms with Gasteiger partial charge in [0.05, 0.1) is 6.54 Å². The van der Waals surface area contributed by atoms with E-state index in [9.17, 15) is 4.79 Å². The number of pyridine rings is 1. The number of amides is 1. The predicted octanol–water partition coefficient (Wildman–Crippen LogP) is 1.46. The summed E-state index contributed by atoms with van der Waals surface area (Å²) in [4.78, 5) is 21.8. The summed E-state index contributed by atoms with van der Waals surface area (Å²) in [6, 6.07) is 3.60. The molecule has 0 N–H and O–H groups in total. The minimum Gasteiger partial charge on any atom is -0.480 e. The van der Waals surface area contributed by atoms with Crippen molar-refractivity contribution in [3.05, 3.63) is 34.9 Å². The lowest BCUT2D eigenvalue weighted by atomic mass is 10.3. The van der Waals surface area contributed by atoms with Gasteiger partial charge in [0.1, 0.15) is 5.01 Å². The highest BCUT2D eigenvalue weighted by molar-refractivity contribution is 7.09. The van der Waals surface area contributed by atoms with Gasteiger partial charge in [0.25, 0.3) is 5.91 Å². The van der Waals surface area contributed by atoms with Crippen LogP contribution in [-0.2, 0) is 11.3 Å². The lowest BCUT2D eigenvalue weighted by Crippen LogP contribution is -2.38. The van der Waals surface area contributed by atoms with Gasteiger partial charge in [0, 0.05) is 17.8 Å². The molecule has 1 aliphatic rings. The molecule has 3 heterocycles. The van der Waals surface area contributed by atoms with Gasteiger partial charge in [0.15, 0.2) is 18.2 Å². The second kappa shape index (κ2) is 4.14. The molecule has 0 saturated carbocycles. The molecule has 6 heteroatoms. The van der Waals surface area contributed by atoms with E-state index in [4.69, 9.17) is 4.74 Å². The molecular formula is C11H9N3O2S. The Morgan fingerprint density at radius 2 is 2.35 bits per heavy atom. The predicted molar refractivity (Wildman–Crippen MR) is 63.0 cm³/mol. The lowest BCUT2D eigenvalue weighted by molar-refractivity contribution is -0.121.